The van der Waals surface area contributed by atoms with Crippen molar-refractivity contribution in [2.75, 3.05) is 11.6 Å². The van der Waals surface area contributed by atoms with Gasteiger partial charge in [-0.05, 0) is 19.3 Å². The van der Waals surface area contributed by atoms with Gasteiger partial charge in [0, 0.05) is 20.1 Å². The van der Waals surface area contributed by atoms with Crippen molar-refractivity contribution in [1.29, 1.82) is 0 Å². The number of hydrogen-bond acceptors (Lipinski definition) is 5. The fourth-order valence-electron chi connectivity index (χ4n) is 3.20. The van der Waals surface area contributed by atoms with Crippen molar-refractivity contribution in [3.05, 3.63) is 20.8 Å². The monoisotopic (exact) mass is 346 g/mol. The summed E-state index contributed by atoms with van der Waals surface area (Å²) in [7, 11) is 1.67. The number of unbranched alkanes of at least 4 members (excludes halogenated alkanes) is 1. The summed E-state index contributed by atoms with van der Waals surface area (Å²) in [6.07, 6.45) is 1.72. The molecule has 0 fully saturated rings. The molecule has 3 rings (SSSR count). The third-order valence-electron chi connectivity index (χ3n) is 4.39. The van der Waals surface area contributed by atoms with Crippen molar-refractivity contribution in [2.24, 2.45) is 18.1 Å². The molecule has 1 aliphatic rings. The van der Waals surface area contributed by atoms with E-state index in [1.165, 1.54) is 9.13 Å². The SMILES string of the molecule is CCCCn1c(=O)c2c(nc3n2CC(C)=NN3CC(C)C)n(C)c1=O. The molecule has 0 aromatic carbocycles. The molecule has 8 heteroatoms. The van der Waals surface area contributed by atoms with Gasteiger partial charge in [-0.3, -0.25) is 18.5 Å². The van der Waals surface area contributed by atoms with Gasteiger partial charge in [0.05, 0.1) is 12.3 Å². The number of aryl methyl sites for hydroxylation is 1. The summed E-state index contributed by atoms with van der Waals surface area (Å²) in [6.45, 7) is 9.86. The van der Waals surface area contributed by atoms with Crippen LogP contribution in [-0.4, -0.2) is 30.9 Å². The van der Waals surface area contributed by atoms with Crippen LogP contribution in [0.25, 0.3) is 11.2 Å². The molecule has 2 aromatic rings. The topological polar surface area (TPSA) is 77.4 Å². The minimum atomic E-state index is -0.311. The molecule has 0 aliphatic carbocycles. The zero-order valence-corrected chi connectivity index (χ0v) is 15.6. The van der Waals surface area contributed by atoms with Crippen molar-refractivity contribution in [1.82, 2.24) is 18.7 Å². The maximum Gasteiger partial charge on any atom is 0.332 e. The van der Waals surface area contributed by atoms with Crippen LogP contribution in [0.4, 0.5) is 5.95 Å². The van der Waals surface area contributed by atoms with Crippen LogP contribution in [-0.2, 0) is 20.1 Å². The Balaban J connectivity index is 2.27. The summed E-state index contributed by atoms with van der Waals surface area (Å²) < 4.78 is 4.69. The Hall–Kier alpha value is -2.38. The van der Waals surface area contributed by atoms with Gasteiger partial charge in [0.2, 0.25) is 5.95 Å². The second kappa shape index (κ2) is 6.50. The van der Waals surface area contributed by atoms with E-state index in [9.17, 15) is 9.59 Å². The van der Waals surface area contributed by atoms with Gasteiger partial charge in [-0.2, -0.15) is 10.1 Å². The molecule has 0 radical (unpaired) electrons. The van der Waals surface area contributed by atoms with Crippen LogP contribution in [0.3, 0.4) is 0 Å². The van der Waals surface area contributed by atoms with E-state index in [1.54, 1.807) is 7.05 Å². The molecule has 0 atom stereocenters. The van der Waals surface area contributed by atoms with E-state index < -0.39 is 0 Å². The largest absolute Gasteiger partial charge is 0.332 e. The molecule has 0 bridgehead atoms. The van der Waals surface area contributed by atoms with Gasteiger partial charge in [-0.15, -0.1) is 0 Å². The van der Waals surface area contributed by atoms with Gasteiger partial charge in [0.15, 0.2) is 11.2 Å². The zero-order chi connectivity index (χ0) is 18.3. The van der Waals surface area contributed by atoms with E-state index in [0.29, 0.717) is 42.7 Å². The smallest absolute Gasteiger partial charge is 0.297 e. The first-order chi connectivity index (χ1) is 11.8. The molecular weight excluding hydrogens is 320 g/mol. The molecule has 2 aromatic heterocycles. The van der Waals surface area contributed by atoms with Crippen molar-refractivity contribution in [2.45, 2.75) is 53.6 Å². The van der Waals surface area contributed by atoms with Gasteiger partial charge >= 0.3 is 5.69 Å². The number of hydrazone groups is 1. The van der Waals surface area contributed by atoms with Crippen LogP contribution < -0.4 is 16.3 Å². The predicted octanol–water partition coefficient (Wildman–Crippen LogP) is 1.55. The molecule has 0 N–H and O–H groups in total. The van der Waals surface area contributed by atoms with Crippen LogP contribution in [0.2, 0.25) is 0 Å². The van der Waals surface area contributed by atoms with E-state index in [4.69, 9.17) is 0 Å². The summed E-state index contributed by atoms with van der Waals surface area (Å²) in [5.41, 5.74) is 1.26. The van der Waals surface area contributed by atoms with E-state index in [-0.39, 0.29) is 11.2 Å². The van der Waals surface area contributed by atoms with Crippen molar-refractivity contribution in [3.8, 4) is 0 Å². The number of imidazole rings is 1. The second-order valence-corrected chi connectivity index (χ2v) is 7.13. The van der Waals surface area contributed by atoms with E-state index >= 15 is 0 Å². The molecule has 0 saturated heterocycles. The third-order valence-corrected chi connectivity index (χ3v) is 4.39. The number of aromatic nitrogens is 4. The molecular formula is C17H26N6O2. The average molecular weight is 346 g/mol. The molecule has 1 aliphatic heterocycles. The van der Waals surface area contributed by atoms with Crippen molar-refractivity contribution >= 4 is 22.8 Å². The van der Waals surface area contributed by atoms with Crippen LogP contribution in [0.15, 0.2) is 14.7 Å². The Morgan fingerprint density at radius 1 is 1.24 bits per heavy atom. The number of nitrogens with zero attached hydrogens (tertiary/aromatic N) is 6. The lowest BCUT2D eigenvalue weighted by molar-refractivity contribution is 0.564. The van der Waals surface area contributed by atoms with Crippen molar-refractivity contribution in [3.63, 3.8) is 0 Å². The fourth-order valence-corrected chi connectivity index (χ4v) is 3.20. The van der Waals surface area contributed by atoms with Gasteiger partial charge in [0.1, 0.15) is 0 Å². The normalized spacial score (nSPS) is 14.3. The Bertz CT molecular complexity index is 947. The Morgan fingerprint density at radius 2 is 1.96 bits per heavy atom. The maximum atomic E-state index is 13.0. The quantitative estimate of drug-likeness (QED) is 0.823. The van der Waals surface area contributed by atoms with Crippen LogP contribution >= 0.6 is 0 Å². The summed E-state index contributed by atoms with van der Waals surface area (Å²) in [4.78, 5) is 30.2. The van der Waals surface area contributed by atoms with E-state index in [1.807, 2.05) is 23.4 Å². The van der Waals surface area contributed by atoms with E-state index in [2.05, 4.69) is 23.9 Å². The number of hydrogen-bond donors (Lipinski definition) is 0. The number of fused-ring (bicyclic) bond motifs is 3. The standard InChI is InChI=1S/C17H26N6O2/c1-6-7-8-21-15(24)13-14(20(5)17(21)25)18-16-22(13)10-12(4)19-23(16)9-11(2)3/h11H,6-10H2,1-5H3. The summed E-state index contributed by atoms with van der Waals surface area (Å²) in [6, 6.07) is 0. The van der Waals surface area contributed by atoms with E-state index in [0.717, 1.165) is 18.6 Å². The maximum absolute atomic E-state index is 13.0. The highest BCUT2D eigenvalue weighted by Gasteiger charge is 2.26. The first-order valence-corrected chi connectivity index (χ1v) is 8.86. The summed E-state index contributed by atoms with van der Waals surface area (Å²) >= 11 is 0. The lowest BCUT2D eigenvalue weighted by Gasteiger charge is -2.26. The molecule has 0 spiro atoms. The minimum absolute atomic E-state index is 0.260. The minimum Gasteiger partial charge on any atom is -0.297 e. The third kappa shape index (κ3) is 2.89. The molecule has 136 valence electrons. The molecule has 3 heterocycles. The van der Waals surface area contributed by atoms with Crippen LogP contribution in [0.1, 0.15) is 40.5 Å². The summed E-state index contributed by atoms with van der Waals surface area (Å²) in [5, 5.41) is 6.42. The molecule has 25 heavy (non-hydrogen) atoms. The lowest BCUT2D eigenvalue weighted by atomic mass is 10.2. The van der Waals surface area contributed by atoms with Crippen molar-refractivity contribution < 1.29 is 0 Å². The van der Waals surface area contributed by atoms with Gasteiger partial charge in [-0.25, -0.2) is 9.80 Å². The van der Waals surface area contributed by atoms with Gasteiger partial charge < -0.3 is 0 Å². The number of anilines is 1. The average Bonchev–Trinajstić information content (AvgIpc) is 2.92. The first kappa shape index (κ1) is 17.4. The fraction of sp³-hybridized carbons (Fsp3) is 0.647. The molecule has 8 nitrogen and oxygen atoms in total. The van der Waals surface area contributed by atoms with Gasteiger partial charge in [0.25, 0.3) is 5.56 Å². The molecule has 0 unspecified atom stereocenters. The highest BCUT2D eigenvalue weighted by molar-refractivity contribution is 5.87. The Morgan fingerprint density at radius 3 is 2.60 bits per heavy atom. The summed E-state index contributed by atoms with van der Waals surface area (Å²) in [5.74, 6) is 1.03. The Labute approximate surface area is 146 Å². The van der Waals surface area contributed by atoms with Crippen LogP contribution in [0, 0.1) is 5.92 Å². The first-order valence-electron chi connectivity index (χ1n) is 8.86. The second-order valence-electron chi connectivity index (χ2n) is 7.13. The highest BCUT2D eigenvalue weighted by atomic mass is 16.2. The number of rotatable bonds is 5. The Kier molecular flexibility index (Phi) is 4.53. The molecule has 0 saturated carbocycles. The van der Waals surface area contributed by atoms with Gasteiger partial charge in [-0.1, -0.05) is 27.2 Å². The zero-order valence-electron chi connectivity index (χ0n) is 15.6. The molecule has 0 amide bonds. The highest BCUT2D eigenvalue weighted by Crippen LogP contribution is 2.24. The predicted molar refractivity (Wildman–Crippen MR) is 99.4 cm³/mol. The lowest BCUT2D eigenvalue weighted by Crippen LogP contribution is -2.40. The van der Waals surface area contributed by atoms with Crippen LogP contribution in [0.5, 0.6) is 0 Å².